The van der Waals surface area contributed by atoms with Gasteiger partial charge in [-0.15, -0.1) is 0 Å². The van der Waals surface area contributed by atoms with Crippen LogP contribution in [-0.4, -0.2) is 24.6 Å². The number of nitrogens with zero attached hydrogens (tertiary/aromatic N) is 2. The van der Waals surface area contributed by atoms with Crippen molar-refractivity contribution in [1.82, 2.24) is 4.37 Å². The largest absolute Gasteiger partial charge is 0.487 e. The fourth-order valence-electron chi connectivity index (χ4n) is 1.58. The number of ether oxygens (including phenoxy) is 1. The Morgan fingerprint density at radius 2 is 2.33 bits per heavy atom. The minimum atomic E-state index is 0.513. The molecule has 0 unspecified atom stereocenters. The molecule has 1 heterocycles. The molecule has 2 N–H and O–H groups in total. The van der Waals surface area contributed by atoms with Gasteiger partial charge in [-0.3, -0.25) is 0 Å². The standard InChI is InChI=1S/C10H17N3OS/c1-3-14-8-9(11)12-15-10(8)13(2)6-7-4-5-7/h7H,3-6H2,1-2H3,(H2,11,12). The minimum Gasteiger partial charge on any atom is -0.487 e. The van der Waals surface area contributed by atoms with Gasteiger partial charge in [-0.25, -0.2) is 0 Å². The third-order valence-corrected chi connectivity index (χ3v) is 3.48. The summed E-state index contributed by atoms with van der Waals surface area (Å²) < 4.78 is 9.65. The summed E-state index contributed by atoms with van der Waals surface area (Å²) in [6, 6.07) is 0. The summed E-state index contributed by atoms with van der Waals surface area (Å²) in [5.74, 6) is 2.12. The van der Waals surface area contributed by atoms with Crippen LogP contribution in [0.5, 0.6) is 5.75 Å². The van der Waals surface area contributed by atoms with Gasteiger partial charge in [-0.2, -0.15) is 4.37 Å². The van der Waals surface area contributed by atoms with E-state index in [-0.39, 0.29) is 0 Å². The third kappa shape index (κ3) is 2.34. The fraction of sp³-hybridized carbons (Fsp3) is 0.700. The minimum absolute atomic E-state index is 0.513. The predicted octanol–water partition coefficient (Wildman–Crippen LogP) is 1.97. The van der Waals surface area contributed by atoms with Crippen molar-refractivity contribution < 1.29 is 4.74 Å². The van der Waals surface area contributed by atoms with Crippen molar-refractivity contribution >= 4 is 22.4 Å². The molecular weight excluding hydrogens is 210 g/mol. The molecule has 0 saturated heterocycles. The van der Waals surface area contributed by atoms with Gasteiger partial charge in [0.15, 0.2) is 16.6 Å². The second-order valence-corrected chi connectivity index (χ2v) is 4.71. The summed E-state index contributed by atoms with van der Waals surface area (Å²) in [7, 11) is 2.08. The Bertz CT molecular complexity index is 335. The molecule has 4 nitrogen and oxygen atoms in total. The first-order valence-electron chi connectivity index (χ1n) is 5.31. The van der Waals surface area contributed by atoms with Crippen LogP contribution in [0.25, 0.3) is 0 Å². The topological polar surface area (TPSA) is 51.4 Å². The van der Waals surface area contributed by atoms with Crippen molar-refractivity contribution in [2.24, 2.45) is 5.92 Å². The van der Waals surface area contributed by atoms with Crippen LogP contribution in [0, 0.1) is 5.92 Å². The van der Waals surface area contributed by atoms with Gasteiger partial charge in [-0.1, -0.05) is 0 Å². The van der Waals surface area contributed by atoms with Crippen molar-refractivity contribution in [3.8, 4) is 5.75 Å². The summed E-state index contributed by atoms with van der Waals surface area (Å²) in [6.07, 6.45) is 2.70. The van der Waals surface area contributed by atoms with Crippen LogP contribution in [0.4, 0.5) is 10.8 Å². The van der Waals surface area contributed by atoms with Crippen LogP contribution in [-0.2, 0) is 0 Å². The van der Waals surface area contributed by atoms with E-state index in [2.05, 4.69) is 16.3 Å². The first kappa shape index (κ1) is 10.5. The predicted molar refractivity (Wildman–Crippen MR) is 63.7 cm³/mol. The van der Waals surface area contributed by atoms with E-state index >= 15 is 0 Å². The Morgan fingerprint density at radius 1 is 1.60 bits per heavy atom. The molecule has 0 atom stereocenters. The monoisotopic (exact) mass is 227 g/mol. The lowest BCUT2D eigenvalue weighted by molar-refractivity contribution is 0.343. The zero-order valence-electron chi connectivity index (χ0n) is 9.19. The maximum Gasteiger partial charge on any atom is 0.197 e. The van der Waals surface area contributed by atoms with Crippen LogP contribution in [0.1, 0.15) is 19.8 Å². The zero-order chi connectivity index (χ0) is 10.8. The average Bonchev–Trinajstić information content (AvgIpc) is 2.93. The smallest absolute Gasteiger partial charge is 0.197 e. The lowest BCUT2D eigenvalue weighted by Gasteiger charge is -2.17. The maximum atomic E-state index is 5.76. The van der Waals surface area contributed by atoms with Crippen LogP contribution in [0.2, 0.25) is 0 Å². The van der Waals surface area contributed by atoms with Gasteiger partial charge in [0.1, 0.15) is 0 Å². The van der Waals surface area contributed by atoms with Crippen LogP contribution >= 0.6 is 11.5 Å². The van der Waals surface area contributed by atoms with Gasteiger partial charge in [0.25, 0.3) is 0 Å². The van der Waals surface area contributed by atoms with E-state index in [4.69, 9.17) is 10.5 Å². The van der Waals surface area contributed by atoms with E-state index < -0.39 is 0 Å². The van der Waals surface area contributed by atoms with Crippen molar-refractivity contribution in [2.75, 3.05) is 30.8 Å². The molecule has 2 rings (SSSR count). The highest BCUT2D eigenvalue weighted by molar-refractivity contribution is 7.11. The average molecular weight is 227 g/mol. The fourth-order valence-corrected chi connectivity index (χ4v) is 2.31. The quantitative estimate of drug-likeness (QED) is 0.835. The molecule has 1 aliphatic carbocycles. The van der Waals surface area contributed by atoms with Gasteiger partial charge < -0.3 is 15.4 Å². The first-order chi connectivity index (χ1) is 7.22. The van der Waals surface area contributed by atoms with E-state index in [1.807, 2.05) is 6.92 Å². The maximum absolute atomic E-state index is 5.76. The van der Waals surface area contributed by atoms with Crippen LogP contribution in [0.15, 0.2) is 0 Å². The Labute approximate surface area is 94.2 Å². The van der Waals surface area contributed by atoms with Crippen molar-refractivity contribution in [3.05, 3.63) is 0 Å². The number of hydrogen-bond donors (Lipinski definition) is 1. The molecule has 1 aliphatic rings. The molecule has 15 heavy (non-hydrogen) atoms. The van der Waals surface area contributed by atoms with Crippen molar-refractivity contribution in [1.29, 1.82) is 0 Å². The number of anilines is 2. The van der Waals surface area contributed by atoms with Crippen molar-refractivity contribution in [3.63, 3.8) is 0 Å². The molecular formula is C10H17N3OS. The molecule has 0 radical (unpaired) electrons. The van der Waals surface area contributed by atoms with Gasteiger partial charge >= 0.3 is 0 Å². The second-order valence-electron chi connectivity index (χ2n) is 3.96. The molecule has 1 aromatic heterocycles. The van der Waals surface area contributed by atoms with Gasteiger partial charge in [-0.05, 0) is 37.2 Å². The molecule has 84 valence electrons. The zero-order valence-corrected chi connectivity index (χ0v) is 10.0. The van der Waals surface area contributed by atoms with E-state index in [0.29, 0.717) is 12.4 Å². The summed E-state index contributed by atoms with van der Waals surface area (Å²) in [4.78, 5) is 2.21. The van der Waals surface area contributed by atoms with Crippen LogP contribution in [0.3, 0.4) is 0 Å². The van der Waals surface area contributed by atoms with E-state index in [1.54, 1.807) is 0 Å². The highest BCUT2D eigenvalue weighted by atomic mass is 32.1. The van der Waals surface area contributed by atoms with Crippen LogP contribution < -0.4 is 15.4 Å². The number of aromatic nitrogens is 1. The summed E-state index contributed by atoms with van der Waals surface area (Å²) in [6.45, 7) is 3.68. The Morgan fingerprint density at radius 3 is 2.93 bits per heavy atom. The summed E-state index contributed by atoms with van der Waals surface area (Å²) in [5.41, 5.74) is 5.76. The Kier molecular flexibility index (Phi) is 3.00. The number of hydrogen-bond acceptors (Lipinski definition) is 5. The third-order valence-electron chi connectivity index (χ3n) is 2.52. The van der Waals surface area contributed by atoms with Gasteiger partial charge in [0.2, 0.25) is 0 Å². The van der Waals surface area contributed by atoms with Gasteiger partial charge in [0.05, 0.1) is 6.61 Å². The summed E-state index contributed by atoms with van der Waals surface area (Å²) >= 11 is 1.42. The Hall–Kier alpha value is -0.970. The summed E-state index contributed by atoms with van der Waals surface area (Å²) in [5, 5.41) is 1.06. The molecule has 0 aromatic carbocycles. The molecule has 0 bridgehead atoms. The lowest BCUT2D eigenvalue weighted by Crippen LogP contribution is -2.19. The molecule has 0 amide bonds. The lowest BCUT2D eigenvalue weighted by atomic mass is 10.4. The highest BCUT2D eigenvalue weighted by Gasteiger charge is 2.25. The molecule has 0 aliphatic heterocycles. The number of nitrogen functional groups attached to an aromatic ring is 1. The van der Waals surface area contributed by atoms with E-state index in [0.717, 1.165) is 23.2 Å². The number of nitrogens with two attached hydrogens (primary N) is 1. The second kappa shape index (κ2) is 4.26. The Balaban J connectivity index is 2.10. The molecule has 1 saturated carbocycles. The normalized spacial score (nSPS) is 15.3. The SMILES string of the molecule is CCOc1c(N)nsc1N(C)CC1CC1. The molecule has 1 fully saturated rings. The van der Waals surface area contributed by atoms with Crippen molar-refractivity contribution in [2.45, 2.75) is 19.8 Å². The van der Waals surface area contributed by atoms with E-state index in [1.165, 1.54) is 24.4 Å². The number of rotatable bonds is 5. The molecule has 1 aromatic rings. The van der Waals surface area contributed by atoms with Gasteiger partial charge in [0, 0.05) is 13.6 Å². The molecule has 0 spiro atoms. The highest BCUT2D eigenvalue weighted by Crippen LogP contribution is 2.39. The van der Waals surface area contributed by atoms with E-state index in [9.17, 15) is 0 Å². The molecule has 5 heteroatoms. The first-order valence-corrected chi connectivity index (χ1v) is 6.08.